The summed E-state index contributed by atoms with van der Waals surface area (Å²) in [7, 11) is -4.31. The topological polar surface area (TPSA) is 86.8 Å². The monoisotopic (exact) mass is 679 g/mol. The van der Waals surface area contributed by atoms with Crippen LogP contribution in [0.3, 0.4) is 0 Å². The number of anilines is 1. The lowest BCUT2D eigenvalue weighted by Crippen LogP contribution is -2.54. The largest absolute Gasteiger partial charge is 0.352 e. The number of aryl methyl sites for hydroxylation is 2. The molecule has 0 aliphatic carbocycles. The second kappa shape index (κ2) is 15.6. The van der Waals surface area contributed by atoms with Gasteiger partial charge in [0.1, 0.15) is 12.6 Å². The highest BCUT2D eigenvalue weighted by molar-refractivity contribution is 7.92. The van der Waals surface area contributed by atoms with Gasteiger partial charge in [-0.15, -0.1) is 0 Å². The van der Waals surface area contributed by atoms with Crippen molar-refractivity contribution in [1.82, 2.24) is 10.2 Å². The molecule has 0 unspecified atom stereocenters. The van der Waals surface area contributed by atoms with Crippen molar-refractivity contribution in [3.8, 4) is 0 Å². The number of hydrogen-bond acceptors (Lipinski definition) is 4. The van der Waals surface area contributed by atoms with Gasteiger partial charge in [-0.05, 0) is 68.1 Å². The van der Waals surface area contributed by atoms with E-state index in [0.717, 1.165) is 26.6 Å². The van der Waals surface area contributed by atoms with Gasteiger partial charge < -0.3 is 10.2 Å². The van der Waals surface area contributed by atoms with Crippen LogP contribution in [0.1, 0.15) is 42.5 Å². The summed E-state index contributed by atoms with van der Waals surface area (Å²) in [4.78, 5) is 30.1. The van der Waals surface area contributed by atoms with Crippen molar-refractivity contribution in [2.24, 2.45) is 0 Å². The lowest BCUT2D eigenvalue weighted by Gasteiger charge is -2.34. The molecule has 0 aromatic heterocycles. The first-order valence-electron chi connectivity index (χ1n) is 15.1. The second-order valence-corrected chi connectivity index (χ2v) is 14.0. The molecule has 46 heavy (non-hydrogen) atoms. The average Bonchev–Trinajstić information content (AvgIpc) is 3.04. The van der Waals surface area contributed by atoms with Gasteiger partial charge in [-0.25, -0.2) is 8.42 Å². The number of carbonyl (C=O) groups is 2. The molecule has 0 aliphatic heterocycles. The fourth-order valence-electron chi connectivity index (χ4n) is 5.00. The molecule has 0 aliphatic rings. The van der Waals surface area contributed by atoms with E-state index in [2.05, 4.69) is 5.32 Å². The van der Waals surface area contributed by atoms with Crippen LogP contribution < -0.4 is 9.62 Å². The van der Waals surface area contributed by atoms with Gasteiger partial charge in [0.2, 0.25) is 11.8 Å². The number of sulfonamides is 1. The molecule has 4 aromatic carbocycles. The van der Waals surface area contributed by atoms with Crippen LogP contribution in [0, 0.1) is 13.8 Å². The zero-order valence-electron chi connectivity index (χ0n) is 26.4. The van der Waals surface area contributed by atoms with Gasteiger partial charge in [0.15, 0.2) is 0 Å². The molecule has 7 nitrogen and oxygen atoms in total. The molecular formula is C36H39Cl2N3O4S. The minimum Gasteiger partial charge on any atom is -0.352 e. The molecule has 0 bridgehead atoms. The Balaban J connectivity index is 1.85. The minimum absolute atomic E-state index is 0.00606. The number of benzene rings is 4. The number of rotatable bonds is 13. The molecule has 0 spiro atoms. The first kappa shape index (κ1) is 35.0. The Labute approximate surface area is 282 Å². The predicted octanol–water partition coefficient (Wildman–Crippen LogP) is 7.36. The number of carbonyl (C=O) groups excluding carboxylic acids is 2. The van der Waals surface area contributed by atoms with E-state index in [1.165, 1.54) is 23.1 Å². The van der Waals surface area contributed by atoms with Crippen molar-refractivity contribution in [1.29, 1.82) is 0 Å². The molecule has 4 aromatic rings. The Morgan fingerprint density at radius 3 is 2.15 bits per heavy atom. The smallest absolute Gasteiger partial charge is 0.264 e. The van der Waals surface area contributed by atoms with Crippen LogP contribution in [0.25, 0.3) is 0 Å². The van der Waals surface area contributed by atoms with Crippen LogP contribution >= 0.6 is 23.2 Å². The third kappa shape index (κ3) is 8.49. The third-order valence-electron chi connectivity index (χ3n) is 7.96. The van der Waals surface area contributed by atoms with Crippen molar-refractivity contribution in [3.05, 3.63) is 129 Å². The Morgan fingerprint density at radius 1 is 0.848 bits per heavy atom. The highest BCUT2D eigenvalue weighted by Gasteiger charge is 2.36. The number of amides is 2. The summed E-state index contributed by atoms with van der Waals surface area (Å²) in [6, 6.07) is 27.0. The van der Waals surface area contributed by atoms with Gasteiger partial charge in [-0.2, -0.15) is 0 Å². The van der Waals surface area contributed by atoms with Gasteiger partial charge in [0.25, 0.3) is 10.0 Å². The van der Waals surface area contributed by atoms with E-state index in [-0.39, 0.29) is 45.5 Å². The van der Waals surface area contributed by atoms with E-state index in [1.807, 2.05) is 82.3 Å². The summed E-state index contributed by atoms with van der Waals surface area (Å²) in [6.45, 7) is 7.12. The van der Waals surface area contributed by atoms with Crippen LogP contribution in [-0.2, 0) is 32.6 Å². The summed E-state index contributed by atoms with van der Waals surface area (Å²) in [5.41, 5.74) is 3.56. The highest BCUT2D eigenvalue weighted by atomic mass is 35.5. The fraction of sp³-hybridized carbons (Fsp3) is 0.278. The zero-order chi connectivity index (χ0) is 33.4. The normalized spacial score (nSPS) is 12.7. The fourth-order valence-corrected chi connectivity index (χ4v) is 6.88. The van der Waals surface area contributed by atoms with Crippen LogP contribution in [0.4, 0.5) is 5.69 Å². The van der Waals surface area contributed by atoms with Gasteiger partial charge in [-0.3, -0.25) is 13.9 Å². The van der Waals surface area contributed by atoms with Gasteiger partial charge >= 0.3 is 0 Å². The van der Waals surface area contributed by atoms with E-state index >= 15 is 0 Å². The second-order valence-electron chi connectivity index (χ2n) is 11.4. The predicted molar refractivity (Wildman–Crippen MR) is 186 cm³/mol. The van der Waals surface area contributed by atoms with Crippen molar-refractivity contribution in [2.75, 3.05) is 10.8 Å². The van der Waals surface area contributed by atoms with Crippen molar-refractivity contribution in [2.45, 2.75) is 64.1 Å². The Morgan fingerprint density at radius 2 is 1.50 bits per heavy atom. The Bertz CT molecular complexity index is 1770. The standard InChI is InChI=1S/C36H39Cl2N3O4S/c1-5-27(4)39-36(43)33(22-28-13-7-6-8-14-28)40(23-29-15-10-9-12-26(29)3)34(42)24-41(32-17-11-16-31(37)35(32)38)46(44,45)30-20-18-25(2)19-21-30/h6-21,27,33H,5,22-24H2,1-4H3,(H,39,43)/t27-,33-/m0/s1. The highest BCUT2D eigenvalue weighted by Crippen LogP contribution is 2.35. The summed E-state index contributed by atoms with van der Waals surface area (Å²) < 4.78 is 29.4. The van der Waals surface area contributed by atoms with Crippen LogP contribution in [0.5, 0.6) is 0 Å². The number of hydrogen-bond donors (Lipinski definition) is 1. The molecular weight excluding hydrogens is 641 g/mol. The van der Waals surface area contributed by atoms with Crippen molar-refractivity contribution < 1.29 is 18.0 Å². The quantitative estimate of drug-likeness (QED) is 0.160. The maximum atomic E-state index is 14.6. The van der Waals surface area contributed by atoms with E-state index in [9.17, 15) is 18.0 Å². The summed E-state index contributed by atoms with van der Waals surface area (Å²) >= 11 is 12.9. The maximum Gasteiger partial charge on any atom is 0.264 e. The molecule has 0 heterocycles. The third-order valence-corrected chi connectivity index (χ3v) is 10.5. The molecule has 1 N–H and O–H groups in total. The summed E-state index contributed by atoms with van der Waals surface area (Å²) in [5.74, 6) is -0.899. The van der Waals surface area contributed by atoms with E-state index in [1.54, 1.807) is 24.3 Å². The zero-order valence-corrected chi connectivity index (χ0v) is 28.7. The van der Waals surface area contributed by atoms with E-state index < -0.39 is 28.5 Å². The first-order chi connectivity index (χ1) is 21.9. The number of nitrogens with one attached hydrogen (secondary N) is 1. The van der Waals surface area contributed by atoms with Crippen LogP contribution in [-0.4, -0.2) is 43.8 Å². The maximum absolute atomic E-state index is 14.6. The number of nitrogens with zero attached hydrogens (tertiary/aromatic N) is 2. The molecule has 2 atom stereocenters. The minimum atomic E-state index is -4.31. The van der Waals surface area contributed by atoms with E-state index in [4.69, 9.17) is 23.2 Å². The van der Waals surface area contributed by atoms with Gasteiger partial charge in [0.05, 0.1) is 20.6 Å². The molecule has 0 radical (unpaired) electrons. The lowest BCUT2D eigenvalue weighted by molar-refractivity contribution is -0.140. The Kier molecular flexibility index (Phi) is 11.9. The van der Waals surface area contributed by atoms with Gasteiger partial charge in [0, 0.05) is 19.0 Å². The lowest BCUT2D eigenvalue weighted by atomic mass is 10.0. The molecule has 2 amide bonds. The number of halogens is 2. The average molecular weight is 681 g/mol. The SMILES string of the molecule is CC[C@H](C)NC(=O)[C@H](Cc1ccccc1)N(Cc1ccccc1C)C(=O)CN(c1cccc(Cl)c1Cl)S(=O)(=O)c1ccc(C)cc1. The molecule has 0 fully saturated rings. The molecule has 4 rings (SSSR count). The first-order valence-corrected chi connectivity index (χ1v) is 17.3. The molecule has 0 saturated carbocycles. The van der Waals surface area contributed by atoms with Crippen LogP contribution in [0.15, 0.2) is 102 Å². The molecule has 10 heteroatoms. The summed E-state index contributed by atoms with van der Waals surface area (Å²) in [5, 5.41) is 3.18. The van der Waals surface area contributed by atoms with Crippen LogP contribution in [0.2, 0.25) is 10.0 Å². The van der Waals surface area contributed by atoms with E-state index in [0.29, 0.717) is 6.42 Å². The van der Waals surface area contributed by atoms with Crippen molar-refractivity contribution >= 4 is 50.7 Å². The van der Waals surface area contributed by atoms with Crippen molar-refractivity contribution in [3.63, 3.8) is 0 Å². The molecule has 0 saturated heterocycles. The molecule has 242 valence electrons. The summed E-state index contributed by atoms with van der Waals surface area (Å²) in [6.07, 6.45) is 0.925. The Hall–Kier alpha value is -3.85. The van der Waals surface area contributed by atoms with Gasteiger partial charge in [-0.1, -0.05) is 108 Å².